The molecular weight excluding hydrogens is 264 g/mol. The van der Waals surface area contributed by atoms with Crippen molar-refractivity contribution in [1.82, 2.24) is 4.90 Å². The van der Waals surface area contributed by atoms with Gasteiger partial charge in [-0.2, -0.15) is 0 Å². The predicted octanol–water partition coefficient (Wildman–Crippen LogP) is 4.04. The fourth-order valence-corrected chi connectivity index (χ4v) is 2.11. The zero-order valence-corrected chi connectivity index (χ0v) is 12.7. The number of rotatable bonds is 4. The van der Waals surface area contributed by atoms with Gasteiger partial charge in [-0.1, -0.05) is 41.6 Å². The number of hydrogen-bond donors (Lipinski definition) is 0. The van der Waals surface area contributed by atoms with E-state index in [-0.39, 0.29) is 0 Å². The van der Waals surface area contributed by atoms with Crippen LogP contribution in [0.4, 0.5) is 4.79 Å². The summed E-state index contributed by atoms with van der Waals surface area (Å²) in [6.07, 6.45) is -0.417. The Bertz CT molecular complexity index is 661. The van der Waals surface area contributed by atoms with Crippen molar-refractivity contribution in [3.63, 3.8) is 0 Å². The smallest absolute Gasteiger partial charge is 0.307 e. The van der Waals surface area contributed by atoms with Gasteiger partial charge in [-0.3, -0.25) is 4.84 Å². The standard InChI is InChI=1S/C17H20N2O2/c1-4-19(5-2)17(20)21-18-13(3)15-11-10-14-8-6-7-9-16(14)12-15/h6-12H,4-5H2,1-3H3/b18-13+. The minimum absolute atomic E-state index is 0.417. The van der Waals surface area contributed by atoms with Crippen LogP contribution in [0.5, 0.6) is 0 Å². The second-order valence-corrected chi connectivity index (χ2v) is 4.77. The molecule has 0 spiro atoms. The largest absolute Gasteiger partial charge is 0.435 e. The van der Waals surface area contributed by atoms with Crippen molar-refractivity contribution in [1.29, 1.82) is 0 Å². The van der Waals surface area contributed by atoms with E-state index >= 15 is 0 Å². The average molecular weight is 284 g/mol. The van der Waals surface area contributed by atoms with Crippen molar-refractivity contribution in [2.45, 2.75) is 20.8 Å². The van der Waals surface area contributed by atoms with Gasteiger partial charge in [0.25, 0.3) is 0 Å². The van der Waals surface area contributed by atoms with Crippen LogP contribution in [0.25, 0.3) is 10.8 Å². The van der Waals surface area contributed by atoms with Crippen LogP contribution in [0.15, 0.2) is 47.6 Å². The van der Waals surface area contributed by atoms with Crippen LogP contribution in [0.1, 0.15) is 26.3 Å². The molecule has 0 saturated carbocycles. The highest BCUT2D eigenvalue weighted by atomic mass is 16.7. The van der Waals surface area contributed by atoms with Crippen LogP contribution in [0, 0.1) is 0 Å². The molecule has 0 saturated heterocycles. The molecular formula is C17H20N2O2. The van der Waals surface area contributed by atoms with Crippen LogP contribution in [0.2, 0.25) is 0 Å². The van der Waals surface area contributed by atoms with Gasteiger partial charge in [0.05, 0.1) is 5.71 Å². The van der Waals surface area contributed by atoms with E-state index in [2.05, 4.69) is 11.2 Å². The highest BCUT2D eigenvalue weighted by Gasteiger charge is 2.11. The van der Waals surface area contributed by atoms with Crippen molar-refractivity contribution < 1.29 is 9.63 Å². The molecule has 0 aliphatic rings. The van der Waals surface area contributed by atoms with Gasteiger partial charge < -0.3 is 4.90 Å². The molecule has 2 aromatic rings. The Kier molecular flexibility index (Phi) is 4.93. The van der Waals surface area contributed by atoms with Crippen LogP contribution >= 0.6 is 0 Å². The Labute approximate surface area is 125 Å². The maximum Gasteiger partial charge on any atom is 0.435 e. The van der Waals surface area contributed by atoms with Gasteiger partial charge >= 0.3 is 6.09 Å². The maximum absolute atomic E-state index is 11.8. The second-order valence-electron chi connectivity index (χ2n) is 4.77. The van der Waals surface area contributed by atoms with E-state index in [1.165, 1.54) is 5.39 Å². The Hall–Kier alpha value is -2.36. The molecule has 0 unspecified atom stereocenters. The number of hydrogen-bond acceptors (Lipinski definition) is 3. The third kappa shape index (κ3) is 3.60. The van der Waals surface area contributed by atoms with Gasteiger partial charge in [-0.15, -0.1) is 0 Å². The van der Waals surface area contributed by atoms with Gasteiger partial charge in [0.15, 0.2) is 0 Å². The SMILES string of the molecule is CCN(CC)C(=O)O/N=C(\C)c1ccc2ccccc2c1. The Morgan fingerprint density at radius 3 is 2.43 bits per heavy atom. The molecule has 4 heteroatoms. The first kappa shape index (κ1) is 15.0. The number of carbonyl (C=O) groups excluding carboxylic acids is 1. The molecule has 2 rings (SSSR count). The summed E-state index contributed by atoms with van der Waals surface area (Å²) in [5, 5.41) is 6.26. The molecule has 2 aromatic carbocycles. The maximum atomic E-state index is 11.8. The second kappa shape index (κ2) is 6.88. The van der Waals surface area contributed by atoms with Crippen molar-refractivity contribution >= 4 is 22.6 Å². The monoisotopic (exact) mass is 284 g/mol. The molecule has 0 fully saturated rings. The first-order valence-electron chi connectivity index (χ1n) is 7.15. The Morgan fingerprint density at radius 1 is 1.10 bits per heavy atom. The summed E-state index contributed by atoms with van der Waals surface area (Å²) >= 11 is 0. The molecule has 0 N–H and O–H groups in total. The van der Waals surface area contributed by atoms with Gasteiger partial charge in [0.1, 0.15) is 0 Å². The van der Waals surface area contributed by atoms with Gasteiger partial charge in [0, 0.05) is 13.1 Å². The van der Waals surface area contributed by atoms with Gasteiger partial charge in [-0.25, -0.2) is 4.79 Å². The molecule has 21 heavy (non-hydrogen) atoms. The molecule has 0 aliphatic carbocycles. The highest BCUT2D eigenvalue weighted by Crippen LogP contribution is 2.16. The fourth-order valence-electron chi connectivity index (χ4n) is 2.11. The van der Waals surface area contributed by atoms with Gasteiger partial charge in [-0.05, 0) is 43.2 Å². The zero-order valence-electron chi connectivity index (χ0n) is 12.7. The lowest BCUT2D eigenvalue weighted by atomic mass is 10.0. The van der Waals surface area contributed by atoms with Crippen LogP contribution < -0.4 is 0 Å². The topological polar surface area (TPSA) is 41.9 Å². The zero-order chi connectivity index (χ0) is 15.2. The summed E-state index contributed by atoms with van der Waals surface area (Å²) in [6.45, 7) is 6.87. The number of amides is 1. The fraction of sp³-hybridized carbons (Fsp3) is 0.294. The predicted molar refractivity (Wildman–Crippen MR) is 85.6 cm³/mol. The molecule has 4 nitrogen and oxygen atoms in total. The van der Waals surface area contributed by atoms with E-state index in [1.54, 1.807) is 4.90 Å². The summed E-state index contributed by atoms with van der Waals surface area (Å²) in [6, 6.07) is 14.2. The highest BCUT2D eigenvalue weighted by molar-refractivity contribution is 6.01. The molecule has 0 aromatic heterocycles. The molecule has 0 aliphatic heterocycles. The summed E-state index contributed by atoms with van der Waals surface area (Å²) in [5.41, 5.74) is 1.63. The minimum atomic E-state index is -0.417. The van der Waals surface area contributed by atoms with E-state index < -0.39 is 6.09 Å². The van der Waals surface area contributed by atoms with Crippen LogP contribution in [-0.4, -0.2) is 29.8 Å². The molecule has 1 amide bonds. The summed E-state index contributed by atoms with van der Waals surface area (Å²) < 4.78 is 0. The lowest BCUT2D eigenvalue weighted by molar-refractivity contribution is 0.109. The summed E-state index contributed by atoms with van der Waals surface area (Å²) in [4.78, 5) is 18.3. The lowest BCUT2D eigenvalue weighted by Gasteiger charge is -2.15. The molecule has 0 radical (unpaired) electrons. The third-order valence-electron chi connectivity index (χ3n) is 3.45. The molecule has 0 atom stereocenters. The van der Waals surface area contributed by atoms with Crippen molar-refractivity contribution in [2.24, 2.45) is 5.16 Å². The number of oxime groups is 1. The number of fused-ring (bicyclic) bond motifs is 1. The normalized spacial score (nSPS) is 11.5. The third-order valence-corrected chi connectivity index (χ3v) is 3.45. The van der Waals surface area contributed by atoms with E-state index in [0.717, 1.165) is 10.9 Å². The van der Waals surface area contributed by atoms with E-state index in [0.29, 0.717) is 18.8 Å². The first-order chi connectivity index (χ1) is 10.2. The quantitative estimate of drug-likeness (QED) is 0.483. The Balaban J connectivity index is 2.15. The first-order valence-corrected chi connectivity index (χ1v) is 7.15. The van der Waals surface area contributed by atoms with E-state index in [9.17, 15) is 4.79 Å². The van der Waals surface area contributed by atoms with Crippen molar-refractivity contribution in [3.8, 4) is 0 Å². The van der Waals surface area contributed by atoms with Crippen molar-refractivity contribution in [3.05, 3.63) is 48.0 Å². The summed E-state index contributed by atoms with van der Waals surface area (Å²) in [7, 11) is 0. The number of carbonyl (C=O) groups is 1. The van der Waals surface area contributed by atoms with Crippen molar-refractivity contribution in [2.75, 3.05) is 13.1 Å². The average Bonchev–Trinajstić information content (AvgIpc) is 2.53. The minimum Gasteiger partial charge on any atom is -0.307 e. The van der Waals surface area contributed by atoms with E-state index in [4.69, 9.17) is 4.84 Å². The lowest BCUT2D eigenvalue weighted by Crippen LogP contribution is -2.30. The summed E-state index contributed by atoms with van der Waals surface area (Å²) in [5.74, 6) is 0. The molecule has 0 bridgehead atoms. The number of benzene rings is 2. The number of nitrogens with zero attached hydrogens (tertiary/aromatic N) is 2. The van der Waals surface area contributed by atoms with E-state index in [1.807, 2.05) is 57.2 Å². The van der Waals surface area contributed by atoms with Gasteiger partial charge in [0.2, 0.25) is 0 Å². The molecule has 0 heterocycles. The van der Waals surface area contributed by atoms with Crippen LogP contribution in [0.3, 0.4) is 0 Å². The Morgan fingerprint density at radius 2 is 1.76 bits per heavy atom. The molecule has 110 valence electrons. The van der Waals surface area contributed by atoms with Crippen LogP contribution in [-0.2, 0) is 4.84 Å².